The van der Waals surface area contributed by atoms with Gasteiger partial charge in [0, 0.05) is 10.9 Å². The smallest absolute Gasteiger partial charge is 0.126 e. The highest BCUT2D eigenvalue weighted by Gasteiger charge is 2.28. The third-order valence-corrected chi connectivity index (χ3v) is 3.26. The maximum atomic E-state index is 13.6. The SMILES string of the molecule is CN(C)C(C)(C#N)Cc1cc(Br)ccc1F. The molecule has 1 aromatic carbocycles. The molecule has 1 aromatic rings. The third kappa shape index (κ3) is 2.81. The molecule has 0 radical (unpaired) electrons. The van der Waals surface area contributed by atoms with E-state index in [1.54, 1.807) is 24.0 Å². The number of halogens is 2. The summed E-state index contributed by atoms with van der Waals surface area (Å²) in [5.41, 5.74) is -0.145. The monoisotopic (exact) mass is 284 g/mol. The van der Waals surface area contributed by atoms with Crippen LogP contribution in [0.2, 0.25) is 0 Å². The van der Waals surface area contributed by atoms with E-state index >= 15 is 0 Å². The van der Waals surface area contributed by atoms with Crippen LogP contribution in [-0.4, -0.2) is 24.5 Å². The number of rotatable bonds is 3. The van der Waals surface area contributed by atoms with Crippen molar-refractivity contribution >= 4 is 15.9 Å². The van der Waals surface area contributed by atoms with Crippen molar-refractivity contribution in [3.8, 4) is 6.07 Å². The Balaban J connectivity index is 3.04. The van der Waals surface area contributed by atoms with E-state index in [4.69, 9.17) is 5.26 Å². The Labute approximate surface area is 104 Å². The zero-order valence-corrected chi connectivity index (χ0v) is 11.2. The summed E-state index contributed by atoms with van der Waals surface area (Å²) in [6.07, 6.45) is 0.363. The van der Waals surface area contributed by atoms with Gasteiger partial charge in [-0.25, -0.2) is 4.39 Å². The topological polar surface area (TPSA) is 27.0 Å². The van der Waals surface area contributed by atoms with Gasteiger partial charge in [0.15, 0.2) is 0 Å². The van der Waals surface area contributed by atoms with Crippen molar-refractivity contribution in [2.24, 2.45) is 0 Å². The Morgan fingerprint density at radius 3 is 2.62 bits per heavy atom. The Hall–Kier alpha value is -0.920. The van der Waals surface area contributed by atoms with E-state index in [0.29, 0.717) is 12.0 Å². The van der Waals surface area contributed by atoms with Gasteiger partial charge in [-0.2, -0.15) is 5.26 Å². The maximum Gasteiger partial charge on any atom is 0.126 e. The first-order valence-electron chi connectivity index (χ1n) is 4.91. The summed E-state index contributed by atoms with van der Waals surface area (Å²) >= 11 is 3.30. The molecule has 0 aliphatic heterocycles. The van der Waals surface area contributed by atoms with Crippen LogP contribution >= 0.6 is 15.9 Å². The Kier molecular flexibility index (Phi) is 4.06. The highest BCUT2D eigenvalue weighted by molar-refractivity contribution is 9.10. The number of likely N-dealkylation sites (N-methyl/N-ethyl adjacent to an activating group) is 1. The summed E-state index contributed by atoms with van der Waals surface area (Å²) in [5.74, 6) is -0.272. The van der Waals surface area contributed by atoms with Gasteiger partial charge >= 0.3 is 0 Å². The Morgan fingerprint density at radius 1 is 1.50 bits per heavy atom. The fourth-order valence-corrected chi connectivity index (χ4v) is 1.76. The molecule has 1 unspecified atom stereocenters. The predicted octanol–water partition coefficient (Wildman–Crippen LogP) is 2.97. The standard InChI is InChI=1S/C12H14BrFN2/c1-12(8-15,16(2)3)7-9-6-10(13)4-5-11(9)14/h4-6H,7H2,1-3H3. The number of nitrogens with zero attached hydrogens (tertiary/aromatic N) is 2. The largest absolute Gasteiger partial charge is 0.292 e. The van der Waals surface area contributed by atoms with Gasteiger partial charge in [0.1, 0.15) is 11.4 Å². The first-order valence-corrected chi connectivity index (χ1v) is 5.71. The minimum atomic E-state index is -0.693. The van der Waals surface area contributed by atoms with Gasteiger partial charge in [-0.05, 0) is 44.8 Å². The van der Waals surface area contributed by atoms with Crippen LogP contribution in [-0.2, 0) is 6.42 Å². The normalized spacial score (nSPS) is 14.6. The molecule has 86 valence electrons. The van der Waals surface area contributed by atoms with E-state index in [0.717, 1.165) is 4.47 Å². The zero-order chi connectivity index (χ0) is 12.3. The first-order chi connectivity index (χ1) is 7.39. The summed E-state index contributed by atoms with van der Waals surface area (Å²) in [6, 6.07) is 6.99. The van der Waals surface area contributed by atoms with Gasteiger partial charge in [-0.1, -0.05) is 15.9 Å². The van der Waals surface area contributed by atoms with E-state index < -0.39 is 5.54 Å². The van der Waals surface area contributed by atoms with Crippen LogP contribution in [0, 0.1) is 17.1 Å². The number of nitriles is 1. The molecule has 0 spiro atoms. The lowest BCUT2D eigenvalue weighted by atomic mass is 9.93. The van der Waals surface area contributed by atoms with E-state index in [9.17, 15) is 4.39 Å². The number of benzene rings is 1. The maximum absolute atomic E-state index is 13.6. The van der Waals surface area contributed by atoms with Gasteiger partial charge in [0.2, 0.25) is 0 Å². The molecule has 1 atom stereocenters. The second kappa shape index (κ2) is 4.94. The van der Waals surface area contributed by atoms with Gasteiger partial charge in [0.25, 0.3) is 0 Å². The fraction of sp³-hybridized carbons (Fsp3) is 0.417. The molecular weight excluding hydrogens is 271 g/mol. The molecule has 2 nitrogen and oxygen atoms in total. The Bertz CT molecular complexity index is 426. The molecule has 0 saturated carbocycles. The summed E-state index contributed by atoms with van der Waals surface area (Å²) in [4.78, 5) is 1.80. The van der Waals surface area contributed by atoms with Crippen LogP contribution in [0.1, 0.15) is 12.5 Å². The van der Waals surface area contributed by atoms with Crippen molar-refractivity contribution in [3.05, 3.63) is 34.1 Å². The van der Waals surface area contributed by atoms with Crippen molar-refractivity contribution < 1.29 is 4.39 Å². The van der Waals surface area contributed by atoms with E-state index in [-0.39, 0.29) is 5.82 Å². The van der Waals surface area contributed by atoms with Gasteiger partial charge < -0.3 is 0 Å². The van der Waals surface area contributed by atoms with Gasteiger partial charge in [-0.15, -0.1) is 0 Å². The summed E-state index contributed by atoms with van der Waals surface area (Å²) in [6.45, 7) is 1.80. The molecule has 0 aliphatic rings. The van der Waals surface area contributed by atoms with Crippen LogP contribution in [0.4, 0.5) is 4.39 Å². The zero-order valence-electron chi connectivity index (χ0n) is 9.59. The van der Waals surface area contributed by atoms with Crippen LogP contribution < -0.4 is 0 Å². The minimum absolute atomic E-state index is 0.272. The lowest BCUT2D eigenvalue weighted by Gasteiger charge is -2.29. The molecule has 0 aliphatic carbocycles. The average molecular weight is 285 g/mol. The fourth-order valence-electron chi connectivity index (χ4n) is 1.35. The second-order valence-corrected chi connectivity index (χ2v) is 5.11. The first kappa shape index (κ1) is 13.1. The highest BCUT2D eigenvalue weighted by atomic mass is 79.9. The quantitative estimate of drug-likeness (QED) is 0.853. The molecule has 0 bridgehead atoms. The average Bonchev–Trinajstić information content (AvgIpc) is 2.23. The molecule has 0 fully saturated rings. The Morgan fingerprint density at radius 2 is 2.12 bits per heavy atom. The second-order valence-electron chi connectivity index (χ2n) is 4.19. The van der Waals surface area contributed by atoms with Crippen molar-refractivity contribution in [3.63, 3.8) is 0 Å². The predicted molar refractivity (Wildman–Crippen MR) is 65.5 cm³/mol. The molecule has 1 rings (SSSR count). The number of hydrogen-bond donors (Lipinski definition) is 0. The molecular formula is C12H14BrFN2. The van der Waals surface area contributed by atoms with Crippen LogP contribution in [0.15, 0.2) is 22.7 Å². The van der Waals surface area contributed by atoms with Crippen LogP contribution in [0.3, 0.4) is 0 Å². The van der Waals surface area contributed by atoms with Gasteiger partial charge in [0.05, 0.1) is 6.07 Å². The molecule has 0 heterocycles. The third-order valence-electron chi connectivity index (χ3n) is 2.77. The highest BCUT2D eigenvalue weighted by Crippen LogP contribution is 2.22. The van der Waals surface area contributed by atoms with E-state index in [1.165, 1.54) is 6.07 Å². The van der Waals surface area contributed by atoms with Crippen LogP contribution in [0.5, 0.6) is 0 Å². The minimum Gasteiger partial charge on any atom is -0.292 e. The van der Waals surface area contributed by atoms with Crippen molar-refractivity contribution in [1.82, 2.24) is 4.90 Å². The molecule has 4 heteroatoms. The molecule has 0 N–H and O–H groups in total. The lowest BCUT2D eigenvalue weighted by Crippen LogP contribution is -2.42. The molecule has 0 saturated heterocycles. The summed E-state index contributed by atoms with van der Waals surface area (Å²) in [7, 11) is 3.64. The van der Waals surface area contributed by atoms with Crippen molar-refractivity contribution in [1.29, 1.82) is 5.26 Å². The summed E-state index contributed by atoms with van der Waals surface area (Å²) in [5, 5.41) is 9.15. The van der Waals surface area contributed by atoms with Crippen molar-refractivity contribution in [2.45, 2.75) is 18.9 Å². The molecule has 16 heavy (non-hydrogen) atoms. The van der Waals surface area contributed by atoms with Crippen molar-refractivity contribution in [2.75, 3.05) is 14.1 Å². The lowest BCUT2D eigenvalue weighted by molar-refractivity contribution is 0.235. The summed E-state index contributed by atoms with van der Waals surface area (Å²) < 4.78 is 14.4. The van der Waals surface area contributed by atoms with E-state index in [2.05, 4.69) is 22.0 Å². The van der Waals surface area contributed by atoms with E-state index in [1.807, 2.05) is 14.1 Å². The van der Waals surface area contributed by atoms with Gasteiger partial charge in [-0.3, -0.25) is 4.90 Å². The molecule has 0 amide bonds. The molecule has 0 aromatic heterocycles. The van der Waals surface area contributed by atoms with Crippen LogP contribution in [0.25, 0.3) is 0 Å². The number of hydrogen-bond acceptors (Lipinski definition) is 2.